The molecule has 0 aromatic heterocycles. The second-order valence-corrected chi connectivity index (χ2v) is 5.31. The van der Waals surface area contributed by atoms with Crippen molar-refractivity contribution in [3.8, 4) is 0 Å². The van der Waals surface area contributed by atoms with E-state index in [4.69, 9.17) is 4.74 Å². The first-order valence-electron chi connectivity index (χ1n) is 5.22. The molecule has 1 fully saturated rings. The van der Waals surface area contributed by atoms with Crippen molar-refractivity contribution in [2.75, 3.05) is 20.2 Å². The van der Waals surface area contributed by atoms with E-state index < -0.39 is 0 Å². The molecule has 14 heavy (non-hydrogen) atoms. The van der Waals surface area contributed by atoms with Crippen LogP contribution in [0.3, 0.4) is 0 Å². The van der Waals surface area contributed by atoms with E-state index >= 15 is 0 Å². The van der Waals surface area contributed by atoms with Crippen molar-refractivity contribution >= 4 is 5.97 Å². The van der Waals surface area contributed by atoms with Crippen molar-refractivity contribution in [1.29, 1.82) is 0 Å². The Balaban J connectivity index is 2.56. The summed E-state index contributed by atoms with van der Waals surface area (Å²) in [6, 6.07) is 0. The fourth-order valence-corrected chi connectivity index (χ4v) is 2.16. The van der Waals surface area contributed by atoms with E-state index in [9.17, 15) is 4.79 Å². The van der Waals surface area contributed by atoms with Crippen LogP contribution in [0.2, 0.25) is 0 Å². The molecule has 3 heteroatoms. The summed E-state index contributed by atoms with van der Waals surface area (Å²) < 4.78 is 4.80. The Hall–Kier alpha value is -0.570. The number of nitrogens with one attached hydrogen (secondary N) is 1. The summed E-state index contributed by atoms with van der Waals surface area (Å²) in [5, 5.41) is 3.26. The van der Waals surface area contributed by atoms with Gasteiger partial charge in [0.15, 0.2) is 0 Å². The maximum atomic E-state index is 11.4. The number of carbonyl (C=O) groups excluding carboxylic acids is 1. The number of hydrogen-bond donors (Lipinski definition) is 1. The van der Waals surface area contributed by atoms with Gasteiger partial charge >= 0.3 is 5.97 Å². The number of esters is 1. The summed E-state index contributed by atoms with van der Waals surface area (Å²) in [6.07, 6.45) is 1.07. The van der Waals surface area contributed by atoms with Gasteiger partial charge in [-0.15, -0.1) is 0 Å². The lowest BCUT2D eigenvalue weighted by molar-refractivity contribution is -0.146. The zero-order valence-electron chi connectivity index (χ0n) is 9.59. The van der Waals surface area contributed by atoms with Crippen molar-refractivity contribution in [2.45, 2.75) is 27.2 Å². The van der Waals surface area contributed by atoms with Gasteiger partial charge in [0.25, 0.3) is 0 Å². The van der Waals surface area contributed by atoms with E-state index in [1.807, 2.05) is 0 Å². The van der Waals surface area contributed by atoms with Gasteiger partial charge in [-0.3, -0.25) is 4.79 Å². The van der Waals surface area contributed by atoms with Crippen LogP contribution in [0, 0.1) is 17.3 Å². The van der Waals surface area contributed by atoms with Gasteiger partial charge in [0.05, 0.1) is 13.0 Å². The van der Waals surface area contributed by atoms with Gasteiger partial charge < -0.3 is 10.1 Å². The van der Waals surface area contributed by atoms with Gasteiger partial charge in [-0.1, -0.05) is 20.8 Å². The minimum absolute atomic E-state index is 0.0548. The standard InChI is InChI=1S/C11H21NO2/c1-11(2,3)5-8-6-12-7-9(8)10(13)14-4/h8-9,12H,5-7H2,1-4H3. The molecule has 0 aliphatic carbocycles. The fourth-order valence-electron chi connectivity index (χ4n) is 2.16. The lowest BCUT2D eigenvalue weighted by Crippen LogP contribution is -2.27. The van der Waals surface area contributed by atoms with Gasteiger partial charge in [0.1, 0.15) is 0 Å². The normalized spacial score (nSPS) is 27.7. The summed E-state index contributed by atoms with van der Waals surface area (Å²) in [6.45, 7) is 8.34. The van der Waals surface area contributed by atoms with Crippen LogP contribution in [-0.2, 0) is 9.53 Å². The maximum Gasteiger partial charge on any atom is 0.310 e. The van der Waals surface area contributed by atoms with Crippen molar-refractivity contribution in [1.82, 2.24) is 5.32 Å². The number of carbonyl (C=O) groups is 1. The first-order chi connectivity index (χ1) is 6.44. The number of ether oxygens (including phenoxy) is 1. The van der Waals surface area contributed by atoms with Crippen LogP contribution in [-0.4, -0.2) is 26.2 Å². The monoisotopic (exact) mass is 199 g/mol. The second-order valence-electron chi connectivity index (χ2n) is 5.31. The van der Waals surface area contributed by atoms with E-state index in [-0.39, 0.29) is 17.3 Å². The third-order valence-electron chi connectivity index (χ3n) is 2.72. The average Bonchev–Trinajstić information content (AvgIpc) is 2.48. The Labute approximate surface area is 86.2 Å². The predicted octanol–water partition coefficient (Wildman–Crippen LogP) is 1.43. The van der Waals surface area contributed by atoms with Crippen LogP contribution < -0.4 is 5.32 Å². The topological polar surface area (TPSA) is 38.3 Å². The largest absolute Gasteiger partial charge is 0.469 e. The van der Waals surface area contributed by atoms with Crippen LogP contribution in [0.4, 0.5) is 0 Å². The van der Waals surface area contributed by atoms with E-state index in [1.54, 1.807) is 0 Å². The lowest BCUT2D eigenvalue weighted by Gasteiger charge is -2.25. The van der Waals surface area contributed by atoms with Crippen LogP contribution >= 0.6 is 0 Å². The van der Waals surface area contributed by atoms with Gasteiger partial charge in [-0.05, 0) is 24.3 Å². The third-order valence-corrected chi connectivity index (χ3v) is 2.72. The molecule has 0 aromatic carbocycles. The summed E-state index contributed by atoms with van der Waals surface area (Å²) in [5.41, 5.74) is 0.281. The Morgan fingerprint density at radius 1 is 1.43 bits per heavy atom. The molecule has 1 aliphatic heterocycles. The molecule has 82 valence electrons. The number of hydrogen-bond acceptors (Lipinski definition) is 3. The average molecular weight is 199 g/mol. The molecule has 1 N–H and O–H groups in total. The summed E-state index contributed by atoms with van der Waals surface area (Å²) in [7, 11) is 1.47. The summed E-state index contributed by atoms with van der Waals surface area (Å²) >= 11 is 0. The van der Waals surface area contributed by atoms with Crippen LogP contribution in [0.5, 0.6) is 0 Å². The van der Waals surface area contributed by atoms with Gasteiger partial charge in [0, 0.05) is 6.54 Å². The zero-order chi connectivity index (χ0) is 10.8. The van der Waals surface area contributed by atoms with E-state index in [0.29, 0.717) is 5.92 Å². The van der Waals surface area contributed by atoms with E-state index in [1.165, 1.54) is 7.11 Å². The molecule has 0 radical (unpaired) electrons. The highest BCUT2D eigenvalue weighted by Crippen LogP contribution is 2.31. The molecule has 1 heterocycles. The van der Waals surface area contributed by atoms with Gasteiger partial charge in [0.2, 0.25) is 0 Å². The molecular formula is C11H21NO2. The van der Waals surface area contributed by atoms with Gasteiger partial charge in [-0.25, -0.2) is 0 Å². The molecule has 0 spiro atoms. The molecule has 2 atom stereocenters. The molecule has 1 aliphatic rings. The molecule has 0 saturated carbocycles. The first kappa shape index (κ1) is 11.5. The van der Waals surface area contributed by atoms with Crippen LogP contribution in [0.15, 0.2) is 0 Å². The van der Waals surface area contributed by atoms with E-state index in [2.05, 4.69) is 26.1 Å². The number of methoxy groups -OCH3 is 1. The Morgan fingerprint density at radius 2 is 2.07 bits per heavy atom. The van der Waals surface area contributed by atoms with Gasteiger partial charge in [-0.2, -0.15) is 0 Å². The molecule has 0 aromatic rings. The fraction of sp³-hybridized carbons (Fsp3) is 0.909. The molecule has 1 saturated heterocycles. The minimum atomic E-state index is -0.0655. The molecular weight excluding hydrogens is 178 g/mol. The Bertz CT molecular complexity index is 208. The zero-order valence-corrected chi connectivity index (χ0v) is 9.59. The van der Waals surface area contributed by atoms with E-state index in [0.717, 1.165) is 19.5 Å². The van der Waals surface area contributed by atoms with Crippen molar-refractivity contribution in [3.05, 3.63) is 0 Å². The van der Waals surface area contributed by atoms with Crippen molar-refractivity contribution in [2.24, 2.45) is 17.3 Å². The molecule has 1 rings (SSSR count). The number of rotatable bonds is 2. The Kier molecular flexibility index (Phi) is 3.53. The van der Waals surface area contributed by atoms with Crippen molar-refractivity contribution in [3.63, 3.8) is 0 Å². The highest BCUT2D eigenvalue weighted by Gasteiger charge is 2.35. The maximum absolute atomic E-state index is 11.4. The molecule has 2 unspecified atom stereocenters. The molecule has 0 amide bonds. The SMILES string of the molecule is COC(=O)C1CNCC1CC(C)(C)C. The summed E-state index contributed by atoms with van der Waals surface area (Å²) in [5.74, 6) is 0.422. The first-order valence-corrected chi connectivity index (χ1v) is 5.22. The molecule has 3 nitrogen and oxygen atoms in total. The second kappa shape index (κ2) is 4.30. The highest BCUT2D eigenvalue weighted by molar-refractivity contribution is 5.73. The quantitative estimate of drug-likeness (QED) is 0.684. The smallest absolute Gasteiger partial charge is 0.310 e. The Morgan fingerprint density at radius 3 is 2.57 bits per heavy atom. The third kappa shape index (κ3) is 2.98. The summed E-state index contributed by atoms with van der Waals surface area (Å²) in [4.78, 5) is 11.4. The lowest BCUT2D eigenvalue weighted by atomic mass is 9.80. The minimum Gasteiger partial charge on any atom is -0.469 e. The molecule has 0 bridgehead atoms. The van der Waals surface area contributed by atoms with Crippen LogP contribution in [0.1, 0.15) is 27.2 Å². The predicted molar refractivity (Wildman–Crippen MR) is 55.9 cm³/mol. The van der Waals surface area contributed by atoms with Crippen LogP contribution in [0.25, 0.3) is 0 Å². The van der Waals surface area contributed by atoms with Crippen molar-refractivity contribution < 1.29 is 9.53 Å². The highest BCUT2D eigenvalue weighted by atomic mass is 16.5.